The van der Waals surface area contributed by atoms with Gasteiger partial charge in [0.1, 0.15) is 0 Å². The van der Waals surface area contributed by atoms with Crippen molar-refractivity contribution in [3.05, 3.63) is 95.7 Å². The van der Waals surface area contributed by atoms with Gasteiger partial charge in [0.25, 0.3) is 0 Å². The minimum atomic E-state index is 0.733. The molecule has 0 aliphatic rings. The van der Waals surface area contributed by atoms with Crippen LogP contribution in [0.15, 0.2) is 90.1 Å². The van der Waals surface area contributed by atoms with E-state index in [9.17, 15) is 0 Å². The van der Waals surface area contributed by atoms with Gasteiger partial charge in [-0.1, -0.05) is 80.9 Å². The van der Waals surface area contributed by atoms with Crippen molar-refractivity contribution >= 4 is 34.2 Å². The minimum absolute atomic E-state index is 0.733. The highest BCUT2D eigenvalue weighted by atomic mass is 35.5. The zero-order valence-corrected chi connectivity index (χ0v) is 20.4. The number of anilines is 3. The molecule has 0 radical (unpaired) electrons. The third-order valence-corrected chi connectivity index (χ3v) is 4.88. The highest BCUT2D eigenvalue weighted by Gasteiger charge is 2.09. The fourth-order valence-corrected chi connectivity index (χ4v) is 3.30. The second-order valence-electron chi connectivity index (χ2n) is 6.79. The number of unbranched alkanes of at least 4 members (excludes halogenated alkanes) is 1. The molecule has 0 saturated heterocycles. The molecule has 0 unspecified atom stereocenters. The Labute approximate surface area is 194 Å². The van der Waals surface area contributed by atoms with Crippen molar-refractivity contribution in [1.82, 2.24) is 0 Å². The van der Waals surface area contributed by atoms with Gasteiger partial charge in [-0.2, -0.15) is 0 Å². The Kier molecular flexibility index (Phi) is 12.9. The van der Waals surface area contributed by atoms with Crippen molar-refractivity contribution in [2.75, 3.05) is 10.6 Å². The molecule has 2 nitrogen and oxygen atoms in total. The van der Waals surface area contributed by atoms with Crippen molar-refractivity contribution in [2.45, 2.75) is 53.9 Å². The molecule has 0 aliphatic heterocycles. The van der Waals surface area contributed by atoms with Crippen LogP contribution in [0.3, 0.4) is 0 Å². The maximum Gasteiger partial charge on any atom is 0.0597 e. The van der Waals surface area contributed by atoms with Gasteiger partial charge in [-0.3, -0.25) is 0 Å². The lowest BCUT2D eigenvalue weighted by Gasteiger charge is -2.17. The predicted octanol–water partition coefficient (Wildman–Crippen LogP) is 9.67. The van der Waals surface area contributed by atoms with E-state index in [-0.39, 0.29) is 0 Å². The molecule has 0 atom stereocenters. The minimum Gasteiger partial charge on any atom is -0.355 e. The maximum atomic E-state index is 6.42. The number of halogens is 1. The van der Waals surface area contributed by atoms with Gasteiger partial charge in [-0.25, -0.2) is 0 Å². The van der Waals surface area contributed by atoms with Gasteiger partial charge in [0.05, 0.1) is 10.7 Å². The summed E-state index contributed by atoms with van der Waals surface area (Å²) in [7, 11) is 0. The third-order valence-electron chi connectivity index (χ3n) is 4.53. The van der Waals surface area contributed by atoms with Gasteiger partial charge in [0.15, 0.2) is 0 Å². The van der Waals surface area contributed by atoms with Crippen LogP contribution in [0.5, 0.6) is 0 Å². The predicted molar refractivity (Wildman–Crippen MR) is 142 cm³/mol. The molecule has 0 spiro atoms. The first-order valence-corrected chi connectivity index (χ1v) is 11.5. The van der Waals surface area contributed by atoms with E-state index in [4.69, 9.17) is 11.6 Å². The summed E-state index contributed by atoms with van der Waals surface area (Å²) in [6.07, 6.45) is 11.1. The molecule has 3 heteroatoms. The van der Waals surface area contributed by atoms with E-state index < -0.39 is 0 Å². The van der Waals surface area contributed by atoms with E-state index >= 15 is 0 Å². The maximum absolute atomic E-state index is 6.42. The Morgan fingerprint density at radius 2 is 1.71 bits per heavy atom. The van der Waals surface area contributed by atoms with Crippen molar-refractivity contribution in [2.24, 2.45) is 0 Å². The van der Waals surface area contributed by atoms with Crippen LogP contribution < -0.4 is 10.6 Å². The largest absolute Gasteiger partial charge is 0.355 e. The quantitative estimate of drug-likeness (QED) is 0.220. The van der Waals surface area contributed by atoms with E-state index in [1.807, 2.05) is 57.2 Å². The van der Waals surface area contributed by atoms with Crippen LogP contribution in [0.1, 0.15) is 59.4 Å². The molecule has 2 aromatic rings. The second-order valence-corrected chi connectivity index (χ2v) is 7.20. The van der Waals surface area contributed by atoms with Crippen LogP contribution in [0.25, 0.3) is 5.57 Å². The molecule has 31 heavy (non-hydrogen) atoms. The van der Waals surface area contributed by atoms with E-state index in [2.05, 4.69) is 67.5 Å². The van der Waals surface area contributed by atoms with E-state index in [1.54, 1.807) is 0 Å². The average Bonchev–Trinajstić information content (AvgIpc) is 2.80. The molecule has 2 N–H and O–H groups in total. The molecule has 0 heterocycles. The Morgan fingerprint density at radius 1 is 1.00 bits per heavy atom. The zero-order chi connectivity index (χ0) is 23.1. The van der Waals surface area contributed by atoms with Crippen LogP contribution >= 0.6 is 11.6 Å². The van der Waals surface area contributed by atoms with Gasteiger partial charge in [-0.15, -0.1) is 6.58 Å². The summed E-state index contributed by atoms with van der Waals surface area (Å²) >= 11 is 6.42. The van der Waals surface area contributed by atoms with Gasteiger partial charge >= 0.3 is 0 Å². The summed E-state index contributed by atoms with van der Waals surface area (Å²) in [5, 5.41) is 7.74. The number of hydrogen-bond acceptors (Lipinski definition) is 2. The van der Waals surface area contributed by atoms with Crippen molar-refractivity contribution in [3.63, 3.8) is 0 Å². The SMILES string of the molecule is C=CCC/C=C(\C)c1ccc(NC(=C/C)/C(Cl)=C\CC)cc1Nc1ccccc1.CC. The highest BCUT2D eigenvalue weighted by Crippen LogP contribution is 2.31. The number of rotatable bonds is 10. The molecular formula is C28H37ClN2. The van der Waals surface area contributed by atoms with Crippen LogP contribution in [0.2, 0.25) is 0 Å². The molecule has 0 aliphatic carbocycles. The van der Waals surface area contributed by atoms with Gasteiger partial charge in [0.2, 0.25) is 0 Å². The Bertz CT molecular complexity index is 892. The lowest BCUT2D eigenvalue weighted by Crippen LogP contribution is -2.02. The first-order valence-electron chi connectivity index (χ1n) is 11.1. The van der Waals surface area contributed by atoms with Crippen molar-refractivity contribution in [3.8, 4) is 0 Å². The van der Waals surface area contributed by atoms with E-state index in [1.165, 1.54) is 11.1 Å². The van der Waals surface area contributed by atoms with Gasteiger partial charge < -0.3 is 10.6 Å². The summed E-state index contributed by atoms with van der Waals surface area (Å²) in [5.74, 6) is 0. The number of para-hydroxylation sites is 1. The number of nitrogens with one attached hydrogen (secondary N) is 2. The van der Waals surface area contributed by atoms with E-state index in [0.29, 0.717) is 0 Å². The Morgan fingerprint density at radius 3 is 2.32 bits per heavy atom. The van der Waals surface area contributed by atoms with Gasteiger partial charge in [0, 0.05) is 22.6 Å². The summed E-state index contributed by atoms with van der Waals surface area (Å²) in [6.45, 7) is 14.0. The molecule has 0 saturated carbocycles. The first-order chi connectivity index (χ1) is 15.1. The van der Waals surface area contributed by atoms with Crippen LogP contribution in [-0.4, -0.2) is 0 Å². The van der Waals surface area contributed by atoms with Crippen molar-refractivity contribution < 1.29 is 0 Å². The highest BCUT2D eigenvalue weighted by molar-refractivity contribution is 6.32. The smallest absolute Gasteiger partial charge is 0.0597 e. The molecular weight excluding hydrogens is 400 g/mol. The molecule has 166 valence electrons. The summed E-state index contributed by atoms with van der Waals surface area (Å²) in [5.41, 5.74) is 6.43. The zero-order valence-electron chi connectivity index (χ0n) is 19.6. The van der Waals surface area contributed by atoms with Crippen LogP contribution in [-0.2, 0) is 0 Å². The number of allylic oxidation sites excluding steroid dienone is 6. The fraction of sp³-hybridized carbons (Fsp3) is 0.286. The second kappa shape index (κ2) is 15.1. The third kappa shape index (κ3) is 8.90. The van der Waals surface area contributed by atoms with E-state index in [0.717, 1.165) is 47.1 Å². The lowest BCUT2D eigenvalue weighted by molar-refractivity contribution is 1.06. The molecule has 2 aromatic carbocycles. The lowest BCUT2D eigenvalue weighted by atomic mass is 10.0. The number of benzene rings is 2. The van der Waals surface area contributed by atoms with Crippen molar-refractivity contribution in [1.29, 1.82) is 0 Å². The normalized spacial score (nSPS) is 12.0. The average molecular weight is 437 g/mol. The first kappa shape index (κ1) is 26.3. The molecule has 0 aromatic heterocycles. The Balaban J connectivity index is 0.00000233. The fourth-order valence-electron chi connectivity index (χ4n) is 2.99. The molecule has 2 rings (SSSR count). The summed E-state index contributed by atoms with van der Waals surface area (Å²) in [4.78, 5) is 0. The molecule has 0 amide bonds. The molecule has 0 fully saturated rings. The monoisotopic (exact) mass is 436 g/mol. The van der Waals surface area contributed by atoms with Crippen LogP contribution in [0, 0.1) is 0 Å². The van der Waals surface area contributed by atoms with Gasteiger partial charge in [-0.05, 0) is 62.9 Å². The summed E-state index contributed by atoms with van der Waals surface area (Å²) in [6, 6.07) is 16.6. The Hall–Kier alpha value is -2.71. The number of hydrogen-bond donors (Lipinski definition) is 2. The topological polar surface area (TPSA) is 24.1 Å². The standard InChI is InChI=1S/C26H31ClN2.C2H6/c1-5-8-10-14-20(4)23-18-17-22(29-25(7-3)24(27)13-6-2)19-26(23)28-21-15-11-9-12-16-21;1-2/h5,7,9,11-19,28-29H,1,6,8,10H2,2-4H3;1-2H3/b20-14+,24-13+,25-7+;. The molecule has 0 bridgehead atoms. The van der Waals surface area contributed by atoms with Crippen LogP contribution in [0.4, 0.5) is 17.1 Å². The summed E-state index contributed by atoms with van der Waals surface area (Å²) < 4.78 is 0.